The van der Waals surface area contributed by atoms with Crippen molar-refractivity contribution in [3.05, 3.63) is 35.4 Å². The number of hydrogen-bond donors (Lipinski definition) is 1. The summed E-state index contributed by atoms with van der Waals surface area (Å²) in [6, 6.07) is 7.28. The van der Waals surface area contributed by atoms with E-state index in [4.69, 9.17) is 10.6 Å². The van der Waals surface area contributed by atoms with Gasteiger partial charge >= 0.3 is 0 Å². The van der Waals surface area contributed by atoms with E-state index in [0.717, 1.165) is 5.56 Å². The maximum atomic E-state index is 10.9. The van der Waals surface area contributed by atoms with E-state index in [1.807, 2.05) is 18.2 Å². The van der Waals surface area contributed by atoms with Gasteiger partial charge in [-0.1, -0.05) is 23.4 Å². The zero-order chi connectivity index (χ0) is 9.97. The largest absolute Gasteiger partial charge is 0.366 e. The predicted octanol–water partition coefficient (Wildman–Crippen LogP) is 0.934. The Balaban J connectivity index is 2.51. The van der Waals surface area contributed by atoms with Crippen LogP contribution in [0.4, 0.5) is 0 Å². The number of rotatable bonds is 1. The van der Waals surface area contributed by atoms with Gasteiger partial charge in [0.05, 0.1) is 11.8 Å². The van der Waals surface area contributed by atoms with Crippen LogP contribution < -0.4 is 10.6 Å². The Bertz CT molecular complexity index is 436. The third-order valence-corrected chi connectivity index (χ3v) is 1.86. The fraction of sp³-hybridized carbons (Fsp3) is 0. The van der Waals surface area contributed by atoms with Gasteiger partial charge in [-0.3, -0.25) is 4.79 Å². The second-order valence-corrected chi connectivity index (χ2v) is 2.83. The molecule has 0 saturated carbocycles. The summed E-state index contributed by atoms with van der Waals surface area (Å²) in [5.41, 5.74) is 6.26. The fourth-order valence-corrected chi connectivity index (χ4v) is 1.16. The minimum atomic E-state index is -0.519. The number of benzene rings is 1. The van der Waals surface area contributed by atoms with E-state index >= 15 is 0 Å². The standard InChI is InChI=1S/C10H8N2O2/c11-10(13)8-5-7-3-1-2-4-9(7)14-12-6-8/h1-6H,(H2,11,13). The van der Waals surface area contributed by atoms with Crippen LogP contribution in [-0.4, -0.2) is 12.1 Å². The molecule has 0 unspecified atom stereocenters. The van der Waals surface area contributed by atoms with Crippen molar-refractivity contribution in [2.45, 2.75) is 0 Å². The van der Waals surface area contributed by atoms with E-state index in [1.54, 1.807) is 12.1 Å². The van der Waals surface area contributed by atoms with Gasteiger partial charge in [0, 0.05) is 5.56 Å². The summed E-state index contributed by atoms with van der Waals surface area (Å²) in [5.74, 6) is 0.0917. The number of para-hydroxylation sites is 1. The molecule has 0 fully saturated rings. The van der Waals surface area contributed by atoms with Gasteiger partial charge in [-0.25, -0.2) is 0 Å². The van der Waals surface area contributed by atoms with Crippen molar-refractivity contribution in [3.8, 4) is 5.75 Å². The highest BCUT2D eigenvalue weighted by Crippen LogP contribution is 2.22. The van der Waals surface area contributed by atoms with Crippen molar-refractivity contribution < 1.29 is 9.63 Å². The van der Waals surface area contributed by atoms with E-state index in [9.17, 15) is 4.79 Å². The molecule has 1 aromatic carbocycles. The van der Waals surface area contributed by atoms with Crippen LogP contribution >= 0.6 is 0 Å². The number of nitrogens with zero attached hydrogens (tertiary/aromatic N) is 1. The molecule has 0 atom stereocenters. The second-order valence-electron chi connectivity index (χ2n) is 2.83. The lowest BCUT2D eigenvalue weighted by atomic mass is 10.1. The first-order valence-electron chi connectivity index (χ1n) is 4.08. The highest BCUT2D eigenvalue weighted by Gasteiger charge is 2.09. The molecule has 1 amide bonds. The van der Waals surface area contributed by atoms with Crippen molar-refractivity contribution in [1.82, 2.24) is 0 Å². The van der Waals surface area contributed by atoms with E-state index in [1.165, 1.54) is 6.21 Å². The molecule has 0 bridgehead atoms. The van der Waals surface area contributed by atoms with Gasteiger partial charge in [0.2, 0.25) is 5.91 Å². The first-order valence-corrected chi connectivity index (χ1v) is 4.08. The Morgan fingerprint density at radius 1 is 1.36 bits per heavy atom. The Morgan fingerprint density at radius 3 is 2.93 bits per heavy atom. The SMILES string of the molecule is NC(=O)C1=Cc2ccccc2ON=C1. The monoisotopic (exact) mass is 188 g/mol. The van der Waals surface area contributed by atoms with Crippen LogP contribution in [-0.2, 0) is 4.79 Å². The molecule has 2 N–H and O–H groups in total. The molecule has 1 aromatic rings. The molecule has 1 aliphatic heterocycles. The van der Waals surface area contributed by atoms with Crippen molar-refractivity contribution in [2.75, 3.05) is 0 Å². The number of primary amides is 1. The van der Waals surface area contributed by atoms with Gasteiger partial charge < -0.3 is 10.6 Å². The van der Waals surface area contributed by atoms with Gasteiger partial charge in [0.15, 0.2) is 5.75 Å². The number of nitrogens with two attached hydrogens (primary N) is 1. The topological polar surface area (TPSA) is 64.7 Å². The molecule has 0 aliphatic carbocycles. The molecule has 2 rings (SSSR count). The van der Waals surface area contributed by atoms with Crippen molar-refractivity contribution in [3.63, 3.8) is 0 Å². The number of hydrogen-bond acceptors (Lipinski definition) is 3. The molecule has 0 spiro atoms. The summed E-state index contributed by atoms with van der Waals surface area (Å²) < 4.78 is 0. The Labute approximate surface area is 80.7 Å². The third-order valence-electron chi connectivity index (χ3n) is 1.86. The molecule has 0 aromatic heterocycles. The van der Waals surface area contributed by atoms with Crippen molar-refractivity contribution in [1.29, 1.82) is 0 Å². The Morgan fingerprint density at radius 2 is 2.14 bits per heavy atom. The normalized spacial score (nSPS) is 13.6. The van der Waals surface area contributed by atoms with Gasteiger partial charge in [0.1, 0.15) is 0 Å². The van der Waals surface area contributed by atoms with Crippen molar-refractivity contribution in [2.24, 2.45) is 10.9 Å². The van der Waals surface area contributed by atoms with Crippen molar-refractivity contribution >= 4 is 18.2 Å². The summed E-state index contributed by atoms with van der Waals surface area (Å²) in [4.78, 5) is 16.0. The minimum absolute atomic E-state index is 0.329. The van der Waals surface area contributed by atoms with E-state index in [-0.39, 0.29) is 0 Å². The molecule has 1 aliphatic rings. The lowest BCUT2D eigenvalue weighted by Gasteiger charge is -1.99. The summed E-state index contributed by atoms with van der Waals surface area (Å²) in [6.07, 6.45) is 2.95. The second kappa shape index (κ2) is 3.33. The highest BCUT2D eigenvalue weighted by atomic mass is 16.6. The van der Waals surface area contributed by atoms with Crippen LogP contribution in [0.15, 0.2) is 35.0 Å². The number of carbonyl (C=O) groups is 1. The molecular weight excluding hydrogens is 180 g/mol. The quantitative estimate of drug-likeness (QED) is 0.712. The highest BCUT2D eigenvalue weighted by molar-refractivity contribution is 6.15. The van der Waals surface area contributed by atoms with Crippen LogP contribution in [0.3, 0.4) is 0 Å². The zero-order valence-electron chi connectivity index (χ0n) is 7.31. The third kappa shape index (κ3) is 1.50. The summed E-state index contributed by atoms with van der Waals surface area (Å²) in [5, 5.41) is 3.62. The zero-order valence-corrected chi connectivity index (χ0v) is 7.31. The van der Waals surface area contributed by atoms with E-state index in [0.29, 0.717) is 11.3 Å². The molecule has 70 valence electrons. The van der Waals surface area contributed by atoms with Crippen LogP contribution in [0.25, 0.3) is 6.08 Å². The van der Waals surface area contributed by atoms with E-state index < -0.39 is 5.91 Å². The molecule has 14 heavy (non-hydrogen) atoms. The molecule has 0 saturated heterocycles. The lowest BCUT2D eigenvalue weighted by molar-refractivity contribution is -0.114. The smallest absolute Gasteiger partial charge is 0.250 e. The maximum absolute atomic E-state index is 10.9. The van der Waals surface area contributed by atoms with Gasteiger partial charge in [-0.05, 0) is 12.1 Å². The Kier molecular flexibility index (Phi) is 2.02. The van der Waals surface area contributed by atoms with Gasteiger partial charge in [0.25, 0.3) is 0 Å². The fourth-order valence-electron chi connectivity index (χ4n) is 1.16. The Hall–Kier alpha value is -2.10. The minimum Gasteiger partial charge on any atom is -0.366 e. The number of amides is 1. The van der Waals surface area contributed by atoms with Gasteiger partial charge in [-0.15, -0.1) is 0 Å². The molecule has 1 heterocycles. The van der Waals surface area contributed by atoms with Gasteiger partial charge in [-0.2, -0.15) is 0 Å². The van der Waals surface area contributed by atoms with E-state index in [2.05, 4.69) is 5.16 Å². The summed E-state index contributed by atoms with van der Waals surface area (Å²) >= 11 is 0. The maximum Gasteiger partial charge on any atom is 0.250 e. The molecule has 0 radical (unpaired) electrons. The molecule has 4 nitrogen and oxygen atoms in total. The summed E-state index contributed by atoms with van der Waals surface area (Å²) in [6.45, 7) is 0. The molecule has 4 heteroatoms. The van der Waals surface area contributed by atoms with Crippen LogP contribution in [0.1, 0.15) is 5.56 Å². The first-order chi connectivity index (χ1) is 6.77. The lowest BCUT2D eigenvalue weighted by Crippen LogP contribution is -2.14. The van der Waals surface area contributed by atoms with Crippen LogP contribution in [0.5, 0.6) is 5.75 Å². The van der Waals surface area contributed by atoms with Crippen LogP contribution in [0.2, 0.25) is 0 Å². The number of oxime groups is 1. The summed E-state index contributed by atoms with van der Waals surface area (Å²) in [7, 11) is 0. The molecular formula is C10H8N2O2. The van der Waals surface area contributed by atoms with Crippen LogP contribution in [0, 0.1) is 0 Å². The number of carbonyl (C=O) groups excluding carboxylic acids is 1. The average Bonchev–Trinajstić information content (AvgIpc) is 2.39. The predicted molar refractivity (Wildman–Crippen MR) is 52.7 cm³/mol. The first kappa shape index (κ1) is 8.50. The average molecular weight is 188 g/mol. The number of fused-ring (bicyclic) bond motifs is 1.